The van der Waals surface area contributed by atoms with Gasteiger partial charge in [-0.05, 0) is 37.5 Å². The fraction of sp³-hybridized carbons (Fsp3) is 1.00. The third-order valence-electron chi connectivity index (χ3n) is 5.14. The minimum absolute atomic E-state index is 0.590. The third-order valence-corrected chi connectivity index (χ3v) is 5.14. The molecule has 4 heteroatoms. The number of nitrogens with zero attached hydrogens (tertiary/aromatic N) is 2. The van der Waals surface area contributed by atoms with Gasteiger partial charge in [-0.25, -0.2) is 0 Å². The van der Waals surface area contributed by atoms with E-state index in [-0.39, 0.29) is 0 Å². The van der Waals surface area contributed by atoms with Crippen molar-refractivity contribution in [1.82, 2.24) is 9.80 Å². The van der Waals surface area contributed by atoms with E-state index >= 15 is 0 Å². The molecule has 2 aliphatic heterocycles. The fourth-order valence-corrected chi connectivity index (χ4v) is 3.68. The van der Waals surface area contributed by atoms with Crippen molar-refractivity contribution in [2.24, 2.45) is 17.6 Å². The topological polar surface area (TPSA) is 41.7 Å². The van der Waals surface area contributed by atoms with Gasteiger partial charge >= 0.3 is 0 Å². The smallest absolute Gasteiger partial charge is 0.0469 e. The summed E-state index contributed by atoms with van der Waals surface area (Å²) >= 11 is 0. The summed E-state index contributed by atoms with van der Waals surface area (Å²) < 4.78 is 5.48. The molecule has 1 aliphatic carbocycles. The van der Waals surface area contributed by atoms with Crippen molar-refractivity contribution in [1.29, 1.82) is 0 Å². The van der Waals surface area contributed by atoms with Crippen molar-refractivity contribution in [3.8, 4) is 0 Å². The van der Waals surface area contributed by atoms with Crippen LogP contribution < -0.4 is 5.73 Å². The summed E-state index contributed by atoms with van der Waals surface area (Å²) in [5.41, 5.74) is 6.06. The number of hydrogen-bond donors (Lipinski definition) is 1. The van der Waals surface area contributed by atoms with Gasteiger partial charge in [-0.3, -0.25) is 4.90 Å². The molecule has 110 valence electrons. The Morgan fingerprint density at radius 3 is 2.26 bits per heavy atom. The minimum Gasteiger partial charge on any atom is -0.381 e. The Morgan fingerprint density at radius 2 is 1.68 bits per heavy atom. The average molecular weight is 267 g/mol. The van der Waals surface area contributed by atoms with Gasteiger partial charge in [0.2, 0.25) is 0 Å². The summed E-state index contributed by atoms with van der Waals surface area (Å²) in [6.45, 7) is 8.95. The van der Waals surface area contributed by atoms with Gasteiger partial charge in [-0.1, -0.05) is 0 Å². The zero-order valence-corrected chi connectivity index (χ0v) is 12.1. The first-order chi connectivity index (χ1) is 9.36. The summed E-state index contributed by atoms with van der Waals surface area (Å²) in [7, 11) is 0. The molecule has 1 unspecified atom stereocenters. The third kappa shape index (κ3) is 3.69. The standard InChI is InChI=1S/C15H29N3O/c16-11-15(14-3-9-19-10-4-14)18-7-5-17(6-8-18)12-13-1-2-13/h13-15H,1-12,16H2. The van der Waals surface area contributed by atoms with E-state index in [0.717, 1.165) is 31.6 Å². The van der Waals surface area contributed by atoms with Gasteiger partial charge in [-0.15, -0.1) is 0 Å². The highest BCUT2D eigenvalue weighted by molar-refractivity contribution is 4.87. The Morgan fingerprint density at radius 1 is 1.00 bits per heavy atom. The Balaban J connectivity index is 1.47. The summed E-state index contributed by atoms with van der Waals surface area (Å²) in [4.78, 5) is 5.31. The predicted molar refractivity (Wildman–Crippen MR) is 77.1 cm³/mol. The number of hydrogen-bond acceptors (Lipinski definition) is 4. The van der Waals surface area contributed by atoms with Gasteiger partial charge in [0.15, 0.2) is 0 Å². The summed E-state index contributed by atoms with van der Waals surface area (Å²) in [5, 5.41) is 0. The van der Waals surface area contributed by atoms with Crippen LogP contribution in [0, 0.1) is 11.8 Å². The van der Waals surface area contributed by atoms with E-state index in [9.17, 15) is 0 Å². The van der Waals surface area contributed by atoms with Gasteiger partial charge in [0.05, 0.1) is 0 Å². The Labute approximate surface area is 117 Å². The number of nitrogens with two attached hydrogens (primary N) is 1. The SMILES string of the molecule is NCC(C1CCOCC1)N1CCN(CC2CC2)CC1. The highest BCUT2D eigenvalue weighted by Crippen LogP contribution is 2.30. The second kappa shape index (κ2) is 6.53. The minimum atomic E-state index is 0.590. The number of ether oxygens (including phenoxy) is 1. The van der Waals surface area contributed by atoms with Crippen molar-refractivity contribution in [3.63, 3.8) is 0 Å². The molecule has 0 aromatic heterocycles. The Hall–Kier alpha value is -0.160. The van der Waals surface area contributed by atoms with Crippen LogP contribution >= 0.6 is 0 Å². The van der Waals surface area contributed by atoms with Crippen molar-refractivity contribution < 1.29 is 4.74 Å². The van der Waals surface area contributed by atoms with Gasteiger partial charge in [0, 0.05) is 58.5 Å². The molecular weight excluding hydrogens is 238 g/mol. The number of rotatable bonds is 5. The predicted octanol–water partition coefficient (Wildman–Crippen LogP) is 0.768. The maximum Gasteiger partial charge on any atom is 0.0469 e. The molecule has 3 rings (SSSR count). The zero-order chi connectivity index (χ0) is 13.1. The van der Waals surface area contributed by atoms with Crippen molar-refractivity contribution in [2.45, 2.75) is 31.7 Å². The Bertz CT molecular complexity index is 269. The molecule has 2 N–H and O–H groups in total. The van der Waals surface area contributed by atoms with E-state index in [4.69, 9.17) is 10.5 Å². The van der Waals surface area contributed by atoms with Crippen molar-refractivity contribution in [3.05, 3.63) is 0 Å². The molecule has 3 fully saturated rings. The monoisotopic (exact) mass is 267 g/mol. The van der Waals surface area contributed by atoms with E-state index in [1.165, 1.54) is 58.4 Å². The van der Waals surface area contributed by atoms with Crippen LogP contribution in [0.5, 0.6) is 0 Å². The average Bonchev–Trinajstić information content (AvgIpc) is 3.27. The molecular formula is C15H29N3O. The van der Waals surface area contributed by atoms with E-state index in [1.807, 2.05) is 0 Å². The van der Waals surface area contributed by atoms with Gasteiger partial charge in [0.1, 0.15) is 0 Å². The normalized spacial score (nSPS) is 29.5. The quantitative estimate of drug-likeness (QED) is 0.799. The van der Waals surface area contributed by atoms with Crippen LogP contribution in [0.2, 0.25) is 0 Å². The van der Waals surface area contributed by atoms with Crippen LogP contribution in [0.4, 0.5) is 0 Å². The summed E-state index contributed by atoms with van der Waals surface area (Å²) in [6, 6.07) is 0.590. The molecule has 1 atom stereocenters. The molecule has 19 heavy (non-hydrogen) atoms. The molecule has 0 radical (unpaired) electrons. The van der Waals surface area contributed by atoms with Gasteiger partial charge < -0.3 is 15.4 Å². The molecule has 4 nitrogen and oxygen atoms in total. The van der Waals surface area contributed by atoms with Gasteiger partial charge in [0.25, 0.3) is 0 Å². The maximum atomic E-state index is 6.06. The van der Waals surface area contributed by atoms with Crippen LogP contribution in [-0.4, -0.2) is 68.3 Å². The van der Waals surface area contributed by atoms with Crippen molar-refractivity contribution >= 4 is 0 Å². The highest BCUT2D eigenvalue weighted by Gasteiger charge is 2.31. The lowest BCUT2D eigenvalue weighted by Gasteiger charge is -2.43. The zero-order valence-electron chi connectivity index (χ0n) is 12.1. The van der Waals surface area contributed by atoms with Crippen LogP contribution in [0.3, 0.4) is 0 Å². The van der Waals surface area contributed by atoms with Gasteiger partial charge in [-0.2, -0.15) is 0 Å². The molecule has 0 aromatic rings. The van der Waals surface area contributed by atoms with Crippen LogP contribution in [0.1, 0.15) is 25.7 Å². The highest BCUT2D eigenvalue weighted by atomic mass is 16.5. The van der Waals surface area contributed by atoms with E-state index in [1.54, 1.807) is 0 Å². The lowest BCUT2D eigenvalue weighted by atomic mass is 9.90. The molecule has 0 amide bonds. The lowest BCUT2D eigenvalue weighted by molar-refractivity contribution is 0.0116. The molecule has 3 aliphatic rings. The van der Waals surface area contributed by atoms with Crippen molar-refractivity contribution in [2.75, 3.05) is 52.5 Å². The maximum absolute atomic E-state index is 6.06. The molecule has 2 heterocycles. The second-order valence-electron chi connectivity index (χ2n) is 6.53. The largest absolute Gasteiger partial charge is 0.381 e. The fourth-order valence-electron chi connectivity index (χ4n) is 3.68. The second-order valence-corrected chi connectivity index (χ2v) is 6.53. The number of piperazine rings is 1. The van der Waals surface area contributed by atoms with E-state index < -0.39 is 0 Å². The first-order valence-corrected chi connectivity index (χ1v) is 8.11. The molecule has 2 saturated heterocycles. The lowest BCUT2D eigenvalue weighted by Crippen LogP contribution is -2.55. The first-order valence-electron chi connectivity index (χ1n) is 8.11. The van der Waals surface area contributed by atoms with Crippen LogP contribution in [0.15, 0.2) is 0 Å². The van der Waals surface area contributed by atoms with E-state index in [2.05, 4.69) is 9.80 Å². The van der Waals surface area contributed by atoms with E-state index in [0.29, 0.717) is 6.04 Å². The summed E-state index contributed by atoms with van der Waals surface area (Å²) in [6.07, 6.45) is 5.33. The first kappa shape index (κ1) is 13.8. The van der Waals surface area contributed by atoms with Crippen LogP contribution in [0.25, 0.3) is 0 Å². The van der Waals surface area contributed by atoms with Crippen LogP contribution in [-0.2, 0) is 4.74 Å². The molecule has 0 aromatic carbocycles. The summed E-state index contributed by atoms with van der Waals surface area (Å²) in [5.74, 6) is 1.78. The Kier molecular flexibility index (Phi) is 4.74. The molecule has 1 saturated carbocycles. The molecule has 0 bridgehead atoms. The molecule has 0 spiro atoms.